The average Bonchev–Trinajstić information content (AvgIpc) is 2.96. The van der Waals surface area contributed by atoms with Crippen LogP contribution in [0.1, 0.15) is 11.1 Å². The van der Waals surface area contributed by atoms with Crippen LogP contribution in [0.4, 0.5) is 0 Å². The Morgan fingerprint density at radius 2 is 2.00 bits per heavy atom. The molecule has 0 radical (unpaired) electrons. The number of hydrogen-bond donors (Lipinski definition) is 1. The first-order valence-corrected chi connectivity index (χ1v) is 7.06. The number of nitrogens with one attached hydrogen (secondary N) is 1. The summed E-state index contributed by atoms with van der Waals surface area (Å²) in [5.41, 5.74) is 2.23. The zero-order valence-corrected chi connectivity index (χ0v) is 12.4. The first-order chi connectivity index (χ1) is 10.3. The van der Waals surface area contributed by atoms with E-state index in [1.807, 2.05) is 30.3 Å². The summed E-state index contributed by atoms with van der Waals surface area (Å²) in [5, 5.41) is 3.96. The second-order valence-electron chi connectivity index (χ2n) is 4.77. The van der Waals surface area contributed by atoms with E-state index in [1.165, 1.54) is 5.56 Å². The first-order valence-electron chi connectivity index (χ1n) is 6.68. The Balaban J connectivity index is 1.61. The third-order valence-corrected chi connectivity index (χ3v) is 3.56. The van der Waals surface area contributed by atoms with Gasteiger partial charge in [-0.05, 0) is 35.4 Å². The van der Waals surface area contributed by atoms with Crippen LogP contribution in [0.25, 0.3) is 0 Å². The molecule has 110 valence electrons. The number of halogens is 1. The van der Waals surface area contributed by atoms with E-state index < -0.39 is 0 Å². The summed E-state index contributed by atoms with van der Waals surface area (Å²) in [4.78, 5) is 0. The van der Waals surface area contributed by atoms with Crippen molar-refractivity contribution in [3.63, 3.8) is 0 Å². The van der Waals surface area contributed by atoms with Crippen molar-refractivity contribution in [1.82, 2.24) is 5.32 Å². The molecule has 0 amide bonds. The van der Waals surface area contributed by atoms with Crippen LogP contribution in [0, 0.1) is 0 Å². The number of methoxy groups -OCH3 is 1. The molecular formula is C16H16ClNO3. The van der Waals surface area contributed by atoms with Gasteiger partial charge in [0, 0.05) is 13.1 Å². The SMILES string of the molecule is COc1cccc(CNCc2cc(Cl)c3c(c2)OCO3)c1. The van der Waals surface area contributed by atoms with Gasteiger partial charge < -0.3 is 19.5 Å². The molecule has 1 aliphatic rings. The van der Waals surface area contributed by atoms with Crippen molar-refractivity contribution >= 4 is 11.6 Å². The maximum atomic E-state index is 6.16. The van der Waals surface area contributed by atoms with Crippen LogP contribution in [0.5, 0.6) is 17.2 Å². The van der Waals surface area contributed by atoms with Gasteiger partial charge in [-0.25, -0.2) is 0 Å². The highest BCUT2D eigenvalue weighted by molar-refractivity contribution is 6.32. The van der Waals surface area contributed by atoms with E-state index in [0.717, 1.165) is 17.9 Å². The summed E-state index contributed by atoms with van der Waals surface area (Å²) >= 11 is 6.16. The highest BCUT2D eigenvalue weighted by atomic mass is 35.5. The van der Waals surface area contributed by atoms with Gasteiger partial charge in [-0.1, -0.05) is 23.7 Å². The Bertz CT molecular complexity index is 645. The fourth-order valence-electron chi connectivity index (χ4n) is 2.26. The van der Waals surface area contributed by atoms with E-state index in [4.69, 9.17) is 25.8 Å². The van der Waals surface area contributed by atoms with Gasteiger partial charge in [-0.2, -0.15) is 0 Å². The van der Waals surface area contributed by atoms with Gasteiger partial charge >= 0.3 is 0 Å². The van der Waals surface area contributed by atoms with Crippen molar-refractivity contribution in [2.45, 2.75) is 13.1 Å². The molecule has 0 aliphatic carbocycles. The Labute approximate surface area is 128 Å². The molecule has 0 spiro atoms. The normalized spacial score (nSPS) is 12.5. The maximum absolute atomic E-state index is 6.16. The molecule has 5 heteroatoms. The summed E-state index contributed by atoms with van der Waals surface area (Å²) in [7, 11) is 1.67. The summed E-state index contributed by atoms with van der Waals surface area (Å²) < 4.78 is 15.9. The zero-order valence-electron chi connectivity index (χ0n) is 11.7. The molecule has 0 saturated carbocycles. The van der Waals surface area contributed by atoms with E-state index in [2.05, 4.69) is 11.4 Å². The summed E-state index contributed by atoms with van der Waals surface area (Å²) in [6.45, 7) is 1.69. The number of hydrogen-bond acceptors (Lipinski definition) is 4. The van der Waals surface area contributed by atoms with Crippen molar-refractivity contribution in [3.05, 3.63) is 52.5 Å². The Hall–Kier alpha value is -1.91. The van der Waals surface area contributed by atoms with Crippen LogP contribution in [-0.2, 0) is 13.1 Å². The van der Waals surface area contributed by atoms with Gasteiger partial charge in [0.15, 0.2) is 11.5 Å². The van der Waals surface area contributed by atoms with Crippen molar-refractivity contribution in [2.24, 2.45) is 0 Å². The Kier molecular flexibility index (Phi) is 4.18. The predicted octanol–water partition coefficient (Wildman–Crippen LogP) is 3.37. The molecule has 0 aromatic heterocycles. The zero-order chi connectivity index (χ0) is 14.7. The minimum absolute atomic E-state index is 0.232. The number of rotatable bonds is 5. The molecule has 21 heavy (non-hydrogen) atoms. The topological polar surface area (TPSA) is 39.7 Å². The van der Waals surface area contributed by atoms with E-state index in [0.29, 0.717) is 23.1 Å². The van der Waals surface area contributed by atoms with Gasteiger partial charge in [-0.3, -0.25) is 0 Å². The lowest BCUT2D eigenvalue weighted by Crippen LogP contribution is -2.12. The molecule has 2 aromatic rings. The van der Waals surface area contributed by atoms with Crippen molar-refractivity contribution in [1.29, 1.82) is 0 Å². The highest BCUT2D eigenvalue weighted by Crippen LogP contribution is 2.39. The molecule has 0 atom stereocenters. The van der Waals surface area contributed by atoms with Gasteiger partial charge in [0.25, 0.3) is 0 Å². The summed E-state index contributed by atoms with van der Waals surface area (Å²) in [5.74, 6) is 2.20. The first kappa shape index (κ1) is 14.0. The quantitative estimate of drug-likeness (QED) is 0.919. The van der Waals surface area contributed by atoms with E-state index in [1.54, 1.807) is 7.11 Å². The second kappa shape index (κ2) is 6.24. The van der Waals surface area contributed by atoms with Gasteiger partial charge in [0.1, 0.15) is 5.75 Å². The molecule has 1 heterocycles. The average molecular weight is 306 g/mol. The molecule has 0 saturated heterocycles. The smallest absolute Gasteiger partial charge is 0.231 e. The monoisotopic (exact) mass is 305 g/mol. The maximum Gasteiger partial charge on any atom is 0.231 e. The molecule has 1 aliphatic heterocycles. The van der Waals surface area contributed by atoms with Crippen LogP contribution in [-0.4, -0.2) is 13.9 Å². The van der Waals surface area contributed by atoms with Crippen LogP contribution in [0.3, 0.4) is 0 Å². The van der Waals surface area contributed by atoms with Gasteiger partial charge in [0.05, 0.1) is 12.1 Å². The minimum atomic E-state index is 0.232. The fraction of sp³-hybridized carbons (Fsp3) is 0.250. The van der Waals surface area contributed by atoms with Crippen LogP contribution >= 0.6 is 11.6 Å². The second-order valence-corrected chi connectivity index (χ2v) is 5.17. The van der Waals surface area contributed by atoms with Crippen molar-refractivity contribution in [2.75, 3.05) is 13.9 Å². The molecule has 3 rings (SSSR count). The molecular weight excluding hydrogens is 290 g/mol. The number of fused-ring (bicyclic) bond motifs is 1. The van der Waals surface area contributed by atoms with E-state index >= 15 is 0 Å². The molecule has 0 unspecified atom stereocenters. The standard InChI is InChI=1S/C16H16ClNO3/c1-19-13-4-2-3-11(5-13)8-18-9-12-6-14(17)16-15(7-12)20-10-21-16/h2-7,18H,8-10H2,1H3. The molecule has 2 aromatic carbocycles. The Morgan fingerprint density at radius 3 is 2.86 bits per heavy atom. The summed E-state index contributed by atoms with van der Waals surface area (Å²) in [6, 6.07) is 11.8. The third kappa shape index (κ3) is 3.23. The number of ether oxygens (including phenoxy) is 3. The lowest BCUT2D eigenvalue weighted by molar-refractivity contribution is 0.174. The van der Waals surface area contributed by atoms with E-state index in [-0.39, 0.29) is 6.79 Å². The third-order valence-electron chi connectivity index (χ3n) is 3.28. The Morgan fingerprint density at radius 1 is 1.14 bits per heavy atom. The minimum Gasteiger partial charge on any atom is -0.497 e. The van der Waals surface area contributed by atoms with Crippen LogP contribution in [0.2, 0.25) is 5.02 Å². The van der Waals surface area contributed by atoms with Crippen molar-refractivity contribution in [3.8, 4) is 17.2 Å². The molecule has 1 N–H and O–H groups in total. The molecule has 0 fully saturated rings. The largest absolute Gasteiger partial charge is 0.497 e. The fourth-order valence-corrected chi connectivity index (χ4v) is 2.54. The summed E-state index contributed by atoms with van der Waals surface area (Å²) in [6.07, 6.45) is 0. The lowest BCUT2D eigenvalue weighted by Gasteiger charge is -2.08. The molecule has 0 bridgehead atoms. The van der Waals surface area contributed by atoms with Crippen LogP contribution < -0.4 is 19.5 Å². The van der Waals surface area contributed by atoms with Crippen LogP contribution in [0.15, 0.2) is 36.4 Å². The highest BCUT2D eigenvalue weighted by Gasteiger charge is 2.17. The van der Waals surface area contributed by atoms with Gasteiger partial charge in [0.2, 0.25) is 6.79 Å². The van der Waals surface area contributed by atoms with Gasteiger partial charge in [-0.15, -0.1) is 0 Å². The lowest BCUT2D eigenvalue weighted by atomic mass is 10.2. The van der Waals surface area contributed by atoms with E-state index in [9.17, 15) is 0 Å². The predicted molar refractivity (Wildman–Crippen MR) is 81.1 cm³/mol. The molecule has 4 nitrogen and oxygen atoms in total. The number of benzene rings is 2. The van der Waals surface area contributed by atoms with Crippen molar-refractivity contribution < 1.29 is 14.2 Å².